The highest BCUT2D eigenvalue weighted by Gasteiger charge is 2.21. The third-order valence-corrected chi connectivity index (χ3v) is 17.3. The summed E-state index contributed by atoms with van der Waals surface area (Å²) >= 11 is 0. The lowest BCUT2D eigenvalue weighted by atomic mass is 9.99. The summed E-state index contributed by atoms with van der Waals surface area (Å²) in [7, 11) is 0. The number of fused-ring (bicyclic) bond motifs is 16. The largest absolute Gasteiger partial charge is 0.309 e. The van der Waals surface area contributed by atoms with Gasteiger partial charge in [-0.05, 0) is 137 Å². The van der Waals surface area contributed by atoms with E-state index in [1.165, 1.54) is 76.2 Å². The van der Waals surface area contributed by atoms with E-state index in [1.54, 1.807) is 0 Å². The lowest BCUT2D eigenvalue weighted by Crippen LogP contribution is -1.98. The number of hydrogen-bond donors (Lipinski definition) is 0. The second-order valence-corrected chi connectivity index (χ2v) is 21.7. The summed E-state index contributed by atoms with van der Waals surface area (Å²) < 4.78 is 9.61. The van der Waals surface area contributed by atoms with Crippen LogP contribution in [0.1, 0.15) is 0 Å². The molecule has 0 saturated carbocycles. The molecule has 5 heterocycles. The van der Waals surface area contributed by atoms with Crippen LogP contribution in [0.2, 0.25) is 0 Å². The van der Waals surface area contributed by atoms with Crippen molar-refractivity contribution < 1.29 is 0 Å². The second-order valence-electron chi connectivity index (χ2n) is 21.7. The molecule has 18 aromatic rings. The quantitative estimate of drug-likeness (QED) is 0.156. The predicted molar refractivity (Wildman–Crippen MR) is 343 cm³/mol. The number of rotatable bonds is 6. The molecule has 0 fully saturated rings. The van der Waals surface area contributed by atoms with Gasteiger partial charge in [-0.2, -0.15) is 0 Å². The zero-order valence-corrected chi connectivity index (χ0v) is 44.2. The first-order valence-electron chi connectivity index (χ1n) is 28.1. The van der Waals surface area contributed by atoms with Crippen LogP contribution in [0, 0.1) is 0 Å². The van der Waals surface area contributed by atoms with Gasteiger partial charge in [0.1, 0.15) is 0 Å². The summed E-state index contributed by atoms with van der Waals surface area (Å²) in [4.78, 5) is 10.9. The first kappa shape index (κ1) is 44.9. The molecule has 0 aliphatic heterocycles. The lowest BCUT2D eigenvalue weighted by Gasteiger charge is -2.14. The van der Waals surface area contributed by atoms with E-state index in [-0.39, 0.29) is 0 Å². The van der Waals surface area contributed by atoms with Crippen molar-refractivity contribution in [3.05, 3.63) is 279 Å². The highest BCUT2D eigenvalue weighted by Crippen LogP contribution is 2.41. The zero-order chi connectivity index (χ0) is 53.6. The molecule has 380 valence electrons. The van der Waals surface area contributed by atoms with Crippen LogP contribution in [0.15, 0.2) is 279 Å². The van der Waals surface area contributed by atoms with Crippen molar-refractivity contribution in [2.24, 2.45) is 0 Å². The molecule has 0 N–H and O–H groups in total. The average molecular weight is 1040 g/mol. The molecule has 0 amide bonds. The Labute approximate surface area is 469 Å². The molecule has 13 aromatic carbocycles. The van der Waals surface area contributed by atoms with E-state index in [4.69, 9.17) is 9.97 Å². The van der Waals surface area contributed by atoms with Gasteiger partial charge >= 0.3 is 0 Å². The molecule has 18 rings (SSSR count). The summed E-state index contributed by atoms with van der Waals surface area (Å²) in [6, 6.07) is 102. The molecule has 82 heavy (non-hydrogen) atoms. The fourth-order valence-corrected chi connectivity index (χ4v) is 13.6. The zero-order valence-electron chi connectivity index (χ0n) is 44.2. The maximum Gasteiger partial charge on any atom is 0.160 e. The van der Waals surface area contributed by atoms with Crippen molar-refractivity contribution in [2.75, 3.05) is 0 Å². The summed E-state index contributed by atoms with van der Waals surface area (Å²) in [5.41, 5.74) is 17.8. The van der Waals surface area contributed by atoms with Crippen LogP contribution < -0.4 is 0 Å². The third kappa shape index (κ3) is 6.51. The molecule has 6 nitrogen and oxygen atoms in total. The second kappa shape index (κ2) is 17.2. The van der Waals surface area contributed by atoms with E-state index in [9.17, 15) is 0 Å². The maximum atomic E-state index is 5.48. The van der Waals surface area contributed by atoms with Crippen LogP contribution in [0.3, 0.4) is 0 Å². The van der Waals surface area contributed by atoms with E-state index >= 15 is 0 Å². The Hall–Kier alpha value is -11.1. The molecule has 5 aromatic heterocycles. The smallest absolute Gasteiger partial charge is 0.160 e. The molecule has 0 bridgehead atoms. The van der Waals surface area contributed by atoms with Gasteiger partial charge in [0.15, 0.2) is 5.82 Å². The highest BCUT2D eigenvalue weighted by atomic mass is 15.0. The van der Waals surface area contributed by atoms with Crippen LogP contribution in [-0.2, 0) is 0 Å². The molecular formula is C76H46N6. The van der Waals surface area contributed by atoms with Gasteiger partial charge in [0.05, 0.1) is 55.3 Å². The molecule has 6 heteroatoms. The predicted octanol–water partition coefficient (Wildman–Crippen LogP) is 19.7. The van der Waals surface area contributed by atoms with Crippen molar-refractivity contribution in [1.82, 2.24) is 28.2 Å². The molecule has 0 aliphatic rings. The van der Waals surface area contributed by atoms with Crippen LogP contribution in [-0.4, -0.2) is 28.2 Å². The summed E-state index contributed by atoms with van der Waals surface area (Å²) in [6.07, 6.45) is 0. The van der Waals surface area contributed by atoms with Gasteiger partial charge in [-0.15, -0.1) is 0 Å². The highest BCUT2D eigenvalue weighted by molar-refractivity contribution is 6.15. The number of para-hydroxylation sites is 6. The van der Waals surface area contributed by atoms with Gasteiger partial charge in [-0.25, -0.2) is 9.97 Å². The first-order valence-corrected chi connectivity index (χ1v) is 28.1. The number of nitrogens with zero attached hydrogens (tertiary/aromatic N) is 6. The van der Waals surface area contributed by atoms with Gasteiger partial charge in [-0.3, -0.25) is 0 Å². The minimum absolute atomic E-state index is 0.687. The number of hydrogen-bond acceptors (Lipinski definition) is 2. The number of aromatic nitrogens is 6. The summed E-state index contributed by atoms with van der Waals surface area (Å²) in [5, 5.41) is 15.5. The fraction of sp³-hybridized carbons (Fsp3) is 0. The summed E-state index contributed by atoms with van der Waals surface area (Å²) in [6.45, 7) is 0. The molecule has 0 spiro atoms. The molecule has 0 atom stereocenters. The van der Waals surface area contributed by atoms with Crippen LogP contribution in [0.4, 0.5) is 0 Å². The standard InChI is InChI=1S/C76H46N6/c1-2-16-56-47(15-1)34-40-63-74(51-30-29-50-44-53(37-33-49(50)43-51)80-71-28-14-8-22-62(71)65-46-55(39-42-73(65)80)82-68-25-11-5-19-59(68)60-20-6-12-26-69(60)82)77-76(78-75(56)63)48-31-35-52(36-32-48)79-70-27-13-7-21-61(70)64-45-54(38-41-72(64)79)81-66-23-9-3-17-57(66)58-18-4-10-24-67(58)81/h1-46H. The Kier molecular flexibility index (Phi) is 9.41. The van der Waals surface area contributed by atoms with Gasteiger partial charge in [0.25, 0.3) is 0 Å². The SMILES string of the molecule is c1ccc2c(c1)ccc1c(-c3ccc4cc(-n5c6ccccc6c6cc(-n7c8ccccc8c8ccccc87)ccc65)ccc4c3)nc(-c3ccc(-n4c5ccccc5c5cc(-n6c7ccccc7c7ccccc76)ccc54)cc3)nc12. The molecule has 0 unspecified atom stereocenters. The average Bonchev–Trinajstić information content (AvgIpc) is 4.43. The Morgan fingerprint density at radius 3 is 1.07 bits per heavy atom. The van der Waals surface area contributed by atoms with E-state index in [0.29, 0.717) is 5.82 Å². The van der Waals surface area contributed by atoms with Crippen molar-refractivity contribution in [3.8, 4) is 45.4 Å². The van der Waals surface area contributed by atoms with E-state index in [2.05, 4.69) is 297 Å². The van der Waals surface area contributed by atoms with E-state index in [0.717, 1.165) is 83.1 Å². The topological polar surface area (TPSA) is 45.5 Å². The third-order valence-electron chi connectivity index (χ3n) is 17.3. The van der Waals surface area contributed by atoms with Crippen molar-refractivity contribution >= 4 is 120 Å². The van der Waals surface area contributed by atoms with E-state index in [1.807, 2.05) is 0 Å². The molecule has 0 saturated heterocycles. The normalized spacial score (nSPS) is 12.1. The lowest BCUT2D eigenvalue weighted by molar-refractivity contribution is 1.16. The Balaban J connectivity index is 0.735. The Morgan fingerprint density at radius 2 is 0.561 bits per heavy atom. The van der Waals surface area contributed by atoms with Gasteiger partial charge < -0.3 is 18.3 Å². The van der Waals surface area contributed by atoms with Gasteiger partial charge in [-0.1, -0.05) is 158 Å². The summed E-state index contributed by atoms with van der Waals surface area (Å²) in [5.74, 6) is 0.687. The van der Waals surface area contributed by atoms with Gasteiger partial charge in [0.2, 0.25) is 0 Å². The van der Waals surface area contributed by atoms with Crippen LogP contribution in [0.5, 0.6) is 0 Å². The number of benzene rings is 13. The Morgan fingerprint density at radius 1 is 0.207 bits per heavy atom. The minimum Gasteiger partial charge on any atom is -0.309 e. The van der Waals surface area contributed by atoms with Crippen LogP contribution in [0.25, 0.3) is 165 Å². The first-order chi connectivity index (χ1) is 40.7. The van der Waals surface area contributed by atoms with Crippen LogP contribution >= 0.6 is 0 Å². The monoisotopic (exact) mass is 1040 g/mol. The van der Waals surface area contributed by atoms with Crippen molar-refractivity contribution in [3.63, 3.8) is 0 Å². The Bertz CT molecular complexity index is 5610. The molecular weight excluding hydrogens is 997 g/mol. The molecule has 0 radical (unpaired) electrons. The maximum absolute atomic E-state index is 5.48. The van der Waals surface area contributed by atoms with Crippen molar-refractivity contribution in [2.45, 2.75) is 0 Å². The van der Waals surface area contributed by atoms with Crippen molar-refractivity contribution in [1.29, 1.82) is 0 Å². The van der Waals surface area contributed by atoms with E-state index < -0.39 is 0 Å². The molecule has 0 aliphatic carbocycles. The fourth-order valence-electron chi connectivity index (χ4n) is 13.6. The minimum atomic E-state index is 0.687. The van der Waals surface area contributed by atoms with Gasteiger partial charge in [0, 0.05) is 87.7 Å².